The molecule has 0 bridgehead atoms. The van der Waals surface area contributed by atoms with Gasteiger partial charge in [0.05, 0.1) is 0 Å². The molecule has 0 aliphatic heterocycles. The topological polar surface area (TPSA) is 61.3 Å². The lowest BCUT2D eigenvalue weighted by Gasteiger charge is -2.40. The number of benzene rings is 2. The summed E-state index contributed by atoms with van der Waals surface area (Å²) in [5.41, 5.74) is 13.5. The van der Waals surface area contributed by atoms with E-state index in [0.29, 0.717) is 12.8 Å². The standard InChI is InChI=1S/C20H28N2O/c1-3-15-19(21,17-11-7-5-8-12-17)23-20(22,16-4-2)18-13-9-6-10-14-18/h5-14H,3-4,15-16,21-22H2,1-2H3. The third-order valence-electron chi connectivity index (χ3n) is 4.13. The van der Waals surface area contributed by atoms with Crippen molar-refractivity contribution in [1.29, 1.82) is 0 Å². The molecule has 0 aliphatic rings. The molecule has 2 rings (SSSR count). The zero-order valence-electron chi connectivity index (χ0n) is 14.2. The quantitative estimate of drug-likeness (QED) is 0.717. The van der Waals surface area contributed by atoms with E-state index in [2.05, 4.69) is 13.8 Å². The third kappa shape index (κ3) is 4.20. The molecule has 2 unspecified atom stereocenters. The number of rotatable bonds is 8. The van der Waals surface area contributed by atoms with E-state index in [-0.39, 0.29) is 0 Å². The van der Waals surface area contributed by atoms with E-state index in [0.717, 1.165) is 24.0 Å². The Bertz CT molecular complexity index is 534. The average Bonchev–Trinajstić information content (AvgIpc) is 2.57. The molecule has 0 amide bonds. The van der Waals surface area contributed by atoms with Crippen molar-refractivity contribution < 1.29 is 4.74 Å². The summed E-state index contributed by atoms with van der Waals surface area (Å²) >= 11 is 0. The second-order valence-corrected chi connectivity index (χ2v) is 6.11. The summed E-state index contributed by atoms with van der Waals surface area (Å²) in [5.74, 6) is 0. The SMILES string of the molecule is CCCC(N)(OC(N)(CCC)c1ccccc1)c1ccccc1. The molecule has 0 aromatic heterocycles. The Morgan fingerprint density at radius 3 is 1.35 bits per heavy atom. The predicted molar refractivity (Wildman–Crippen MR) is 95.5 cm³/mol. The Balaban J connectivity index is 2.39. The molecule has 0 fully saturated rings. The van der Waals surface area contributed by atoms with Crippen molar-refractivity contribution in [2.24, 2.45) is 11.5 Å². The second kappa shape index (κ2) is 7.73. The fourth-order valence-electron chi connectivity index (χ4n) is 3.02. The van der Waals surface area contributed by atoms with Crippen LogP contribution in [0.25, 0.3) is 0 Å². The van der Waals surface area contributed by atoms with Gasteiger partial charge < -0.3 is 4.74 Å². The zero-order chi connectivity index (χ0) is 16.8. The number of nitrogens with two attached hydrogens (primary N) is 2. The molecule has 0 spiro atoms. The van der Waals surface area contributed by atoms with Crippen LogP contribution in [-0.4, -0.2) is 0 Å². The van der Waals surface area contributed by atoms with E-state index in [9.17, 15) is 0 Å². The summed E-state index contributed by atoms with van der Waals surface area (Å²) in [4.78, 5) is 0. The molecule has 2 aromatic rings. The van der Waals surface area contributed by atoms with Gasteiger partial charge in [-0.2, -0.15) is 0 Å². The molecule has 3 heteroatoms. The first-order valence-corrected chi connectivity index (χ1v) is 8.43. The molecule has 3 nitrogen and oxygen atoms in total. The average molecular weight is 312 g/mol. The van der Waals surface area contributed by atoms with E-state index in [4.69, 9.17) is 16.2 Å². The fourth-order valence-corrected chi connectivity index (χ4v) is 3.02. The minimum atomic E-state index is -0.893. The molecule has 4 N–H and O–H groups in total. The molecule has 124 valence electrons. The van der Waals surface area contributed by atoms with Crippen molar-refractivity contribution in [2.45, 2.75) is 51.0 Å². The van der Waals surface area contributed by atoms with Gasteiger partial charge in [0.1, 0.15) is 11.4 Å². The van der Waals surface area contributed by atoms with Crippen LogP contribution in [0.1, 0.15) is 50.7 Å². The fraction of sp³-hybridized carbons (Fsp3) is 0.400. The Hall–Kier alpha value is -1.68. The Kier molecular flexibility index (Phi) is 5.94. The van der Waals surface area contributed by atoms with Crippen LogP contribution in [0.2, 0.25) is 0 Å². The highest BCUT2D eigenvalue weighted by molar-refractivity contribution is 5.25. The summed E-state index contributed by atoms with van der Waals surface area (Å²) < 4.78 is 6.43. The van der Waals surface area contributed by atoms with Crippen LogP contribution in [0.4, 0.5) is 0 Å². The van der Waals surface area contributed by atoms with Gasteiger partial charge in [-0.1, -0.05) is 87.4 Å². The Morgan fingerprint density at radius 2 is 1.04 bits per heavy atom. The van der Waals surface area contributed by atoms with Crippen LogP contribution < -0.4 is 11.5 Å². The first-order valence-electron chi connectivity index (χ1n) is 8.43. The van der Waals surface area contributed by atoms with Crippen LogP contribution in [0.3, 0.4) is 0 Å². The lowest BCUT2D eigenvalue weighted by Crippen LogP contribution is -2.51. The van der Waals surface area contributed by atoms with Gasteiger partial charge in [0.15, 0.2) is 0 Å². The molecular weight excluding hydrogens is 284 g/mol. The van der Waals surface area contributed by atoms with Crippen molar-refractivity contribution in [1.82, 2.24) is 0 Å². The molecule has 2 atom stereocenters. The maximum atomic E-state index is 6.68. The molecule has 0 heterocycles. The highest BCUT2D eigenvalue weighted by Crippen LogP contribution is 2.35. The van der Waals surface area contributed by atoms with Gasteiger partial charge in [0.2, 0.25) is 0 Å². The molecule has 23 heavy (non-hydrogen) atoms. The minimum Gasteiger partial charge on any atom is -0.332 e. The number of ether oxygens (including phenoxy) is 1. The third-order valence-corrected chi connectivity index (χ3v) is 4.13. The summed E-state index contributed by atoms with van der Waals surface area (Å²) in [6.45, 7) is 4.21. The smallest absolute Gasteiger partial charge is 0.145 e. The van der Waals surface area contributed by atoms with Crippen LogP contribution in [0.5, 0.6) is 0 Å². The van der Waals surface area contributed by atoms with Crippen LogP contribution in [-0.2, 0) is 16.2 Å². The lowest BCUT2D eigenvalue weighted by atomic mass is 9.94. The minimum absolute atomic E-state index is 0.715. The number of hydrogen-bond acceptors (Lipinski definition) is 3. The van der Waals surface area contributed by atoms with Crippen molar-refractivity contribution in [3.8, 4) is 0 Å². The van der Waals surface area contributed by atoms with Crippen molar-refractivity contribution in [3.63, 3.8) is 0 Å². The molecule has 0 aliphatic carbocycles. The van der Waals surface area contributed by atoms with Gasteiger partial charge in [0.25, 0.3) is 0 Å². The maximum Gasteiger partial charge on any atom is 0.145 e. The Labute approximate surface area is 139 Å². The molecule has 0 saturated heterocycles. The summed E-state index contributed by atoms with van der Waals surface area (Å²) in [5, 5.41) is 0. The van der Waals surface area contributed by atoms with Gasteiger partial charge >= 0.3 is 0 Å². The van der Waals surface area contributed by atoms with Crippen molar-refractivity contribution in [2.75, 3.05) is 0 Å². The van der Waals surface area contributed by atoms with Gasteiger partial charge in [-0.15, -0.1) is 0 Å². The van der Waals surface area contributed by atoms with Gasteiger partial charge in [0, 0.05) is 0 Å². The first-order chi connectivity index (χ1) is 11.0. The highest BCUT2D eigenvalue weighted by Gasteiger charge is 2.38. The summed E-state index contributed by atoms with van der Waals surface area (Å²) in [6.07, 6.45) is 3.27. The first kappa shape index (κ1) is 17.7. The summed E-state index contributed by atoms with van der Waals surface area (Å²) in [6, 6.07) is 19.9. The van der Waals surface area contributed by atoms with Crippen LogP contribution >= 0.6 is 0 Å². The monoisotopic (exact) mass is 312 g/mol. The van der Waals surface area contributed by atoms with E-state index in [1.807, 2.05) is 60.7 Å². The molecule has 0 saturated carbocycles. The van der Waals surface area contributed by atoms with E-state index >= 15 is 0 Å². The van der Waals surface area contributed by atoms with Gasteiger partial charge in [-0.3, -0.25) is 11.5 Å². The highest BCUT2D eigenvalue weighted by atomic mass is 16.5. The van der Waals surface area contributed by atoms with Crippen LogP contribution in [0.15, 0.2) is 60.7 Å². The molecule has 2 aromatic carbocycles. The van der Waals surface area contributed by atoms with E-state index < -0.39 is 11.4 Å². The maximum absolute atomic E-state index is 6.68. The number of hydrogen-bond donors (Lipinski definition) is 2. The zero-order valence-corrected chi connectivity index (χ0v) is 14.2. The molecular formula is C20H28N2O. The van der Waals surface area contributed by atoms with E-state index in [1.54, 1.807) is 0 Å². The Morgan fingerprint density at radius 1 is 0.696 bits per heavy atom. The second-order valence-electron chi connectivity index (χ2n) is 6.11. The van der Waals surface area contributed by atoms with Gasteiger partial charge in [-0.05, 0) is 24.0 Å². The summed E-state index contributed by atoms with van der Waals surface area (Å²) in [7, 11) is 0. The van der Waals surface area contributed by atoms with Gasteiger partial charge in [-0.25, -0.2) is 0 Å². The van der Waals surface area contributed by atoms with Crippen molar-refractivity contribution >= 4 is 0 Å². The van der Waals surface area contributed by atoms with Crippen LogP contribution in [0, 0.1) is 0 Å². The van der Waals surface area contributed by atoms with Crippen molar-refractivity contribution in [3.05, 3.63) is 71.8 Å². The normalized spacial score (nSPS) is 16.5. The predicted octanol–water partition coefficient (Wildman–Crippen LogP) is 4.23. The largest absolute Gasteiger partial charge is 0.332 e. The van der Waals surface area contributed by atoms with E-state index in [1.165, 1.54) is 0 Å². The molecule has 0 radical (unpaired) electrons. The lowest BCUT2D eigenvalue weighted by molar-refractivity contribution is -0.172.